The molecule has 0 aliphatic rings. The highest BCUT2D eigenvalue weighted by Gasteiger charge is 2.13. The lowest BCUT2D eigenvalue weighted by Crippen LogP contribution is -2.16. The summed E-state index contributed by atoms with van der Waals surface area (Å²) in [7, 11) is 0. The Morgan fingerprint density at radius 1 is 1.03 bits per heavy atom. The van der Waals surface area contributed by atoms with E-state index < -0.39 is 0 Å². The van der Waals surface area contributed by atoms with Gasteiger partial charge in [-0.2, -0.15) is 4.99 Å². The van der Waals surface area contributed by atoms with Gasteiger partial charge in [-0.3, -0.25) is 4.79 Å². The molecule has 1 heterocycles. The van der Waals surface area contributed by atoms with E-state index in [0.29, 0.717) is 31.7 Å². The monoisotopic (exact) mass is 452 g/mol. The summed E-state index contributed by atoms with van der Waals surface area (Å²) < 4.78 is 8.32. The molecule has 1 amide bonds. The summed E-state index contributed by atoms with van der Waals surface area (Å²) in [5, 5.41) is 0.802. The van der Waals surface area contributed by atoms with Crippen molar-refractivity contribution in [2.24, 2.45) is 4.99 Å². The van der Waals surface area contributed by atoms with Crippen LogP contribution in [0.15, 0.2) is 71.7 Å². The van der Waals surface area contributed by atoms with E-state index in [-0.39, 0.29) is 12.5 Å². The third-order valence-electron chi connectivity index (χ3n) is 4.26. The molecule has 4 nitrogen and oxygen atoms in total. The van der Waals surface area contributed by atoms with Crippen LogP contribution >= 0.6 is 34.5 Å². The standard InChI is InChI=1S/C23H14Cl2N2O2S/c1-2-14-27-21-19(13-12-18(24)20(21)25)30-23(27)26-22(28)15-8-10-17(11-9-15)29-16-6-4-3-5-7-16/h1,3-13H,14H2. The molecule has 148 valence electrons. The lowest BCUT2D eigenvalue weighted by Gasteiger charge is -2.05. The van der Waals surface area contributed by atoms with Gasteiger partial charge in [0, 0.05) is 5.56 Å². The second-order valence-electron chi connectivity index (χ2n) is 6.24. The summed E-state index contributed by atoms with van der Waals surface area (Å²) in [6.07, 6.45) is 5.51. The molecule has 0 bridgehead atoms. The number of ether oxygens (including phenoxy) is 1. The van der Waals surface area contributed by atoms with Crippen LogP contribution in [0.5, 0.6) is 11.5 Å². The molecule has 0 N–H and O–H groups in total. The SMILES string of the molecule is C#CCn1c(=NC(=O)c2ccc(Oc3ccccc3)cc2)sc2ccc(Cl)c(Cl)c21. The molecule has 0 saturated carbocycles. The zero-order valence-electron chi connectivity index (χ0n) is 15.5. The predicted molar refractivity (Wildman–Crippen MR) is 122 cm³/mol. The summed E-state index contributed by atoms with van der Waals surface area (Å²) in [5.74, 6) is 3.53. The average Bonchev–Trinajstić information content (AvgIpc) is 3.10. The summed E-state index contributed by atoms with van der Waals surface area (Å²) >= 11 is 13.8. The fraction of sp³-hybridized carbons (Fsp3) is 0.0435. The third-order valence-corrected chi connectivity index (χ3v) is 6.10. The van der Waals surface area contributed by atoms with Crippen molar-refractivity contribution in [3.63, 3.8) is 0 Å². The Bertz CT molecular complexity index is 1330. The van der Waals surface area contributed by atoms with Gasteiger partial charge in [-0.05, 0) is 48.5 Å². The molecular weight excluding hydrogens is 439 g/mol. The molecule has 3 aromatic carbocycles. The summed E-state index contributed by atoms with van der Waals surface area (Å²) in [5.41, 5.74) is 1.11. The average molecular weight is 453 g/mol. The molecule has 0 aliphatic heterocycles. The molecule has 0 atom stereocenters. The van der Waals surface area contributed by atoms with Crippen LogP contribution < -0.4 is 9.54 Å². The number of terminal acetylenes is 1. The topological polar surface area (TPSA) is 43.6 Å². The van der Waals surface area contributed by atoms with Gasteiger partial charge in [-0.1, -0.05) is 58.7 Å². The summed E-state index contributed by atoms with van der Waals surface area (Å²) in [6.45, 7) is 0.218. The minimum Gasteiger partial charge on any atom is -0.457 e. The molecule has 0 radical (unpaired) electrons. The van der Waals surface area contributed by atoms with Gasteiger partial charge < -0.3 is 9.30 Å². The molecule has 0 saturated heterocycles. The van der Waals surface area contributed by atoms with Crippen LogP contribution in [0.1, 0.15) is 10.4 Å². The first-order valence-electron chi connectivity index (χ1n) is 8.89. The quantitative estimate of drug-likeness (QED) is 0.347. The van der Waals surface area contributed by atoms with Gasteiger partial charge in [0.1, 0.15) is 11.5 Å². The second-order valence-corrected chi connectivity index (χ2v) is 8.03. The maximum absolute atomic E-state index is 12.7. The number of carbonyl (C=O) groups excluding carboxylic acids is 1. The largest absolute Gasteiger partial charge is 0.457 e. The highest BCUT2D eigenvalue weighted by atomic mass is 35.5. The number of aromatic nitrogens is 1. The molecular formula is C23H14Cl2N2O2S. The van der Waals surface area contributed by atoms with E-state index in [1.807, 2.05) is 36.4 Å². The number of thiazole rings is 1. The van der Waals surface area contributed by atoms with E-state index in [0.717, 1.165) is 10.4 Å². The normalized spacial score (nSPS) is 11.4. The molecule has 30 heavy (non-hydrogen) atoms. The highest BCUT2D eigenvalue weighted by Crippen LogP contribution is 2.32. The first-order chi connectivity index (χ1) is 14.6. The Kier molecular flexibility index (Phi) is 5.91. The van der Waals surface area contributed by atoms with E-state index in [1.165, 1.54) is 11.3 Å². The number of nitrogens with zero attached hydrogens (tertiary/aromatic N) is 2. The fourth-order valence-electron chi connectivity index (χ4n) is 2.87. The van der Waals surface area contributed by atoms with Crippen molar-refractivity contribution in [1.29, 1.82) is 0 Å². The van der Waals surface area contributed by atoms with Crippen LogP contribution in [0.25, 0.3) is 10.2 Å². The van der Waals surface area contributed by atoms with E-state index in [1.54, 1.807) is 34.9 Å². The maximum atomic E-state index is 12.7. The van der Waals surface area contributed by atoms with Crippen molar-refractivity contribution in [3.8, 4) is 23.8 Å². The zero-order valence-corrected chi connectivity index (χ0v) is 17.8. The van der Waals surface area contributed by atoms with Crippen LogP contribution in [-0.2, 0) is 6.54 Å². The van der Waals surface area contributed by atoms with Gasteiger partial charge in [0.25, 0.3) is 5.91 Å². The van der Waals surface area contributed by atoms with Crippen LogP contribution in [0, 0.1) is 12.3 Å². The van der Waals surface area contributed by atoms with E-state index in [4.69, 9.17) is 34.4 Å². The predicted octanol–water partition coefficient (Wildman–Crippen LogP) is 6.18. The lowest BCUT2D eigenvalue weighted by atomic mass is 10.2. The van der Waals surface area contributed by atoms with E-state index in [9.17, 15) is 4.79 Å². The number of fused-ring (bicyclic) bond motifs is 1. The number of hydrogen-bond donors (Lipinski definition) is 0. The molecule has 0 unspecified atom stereocenters. The Labute approximate surface area is 187 Å². The van der Waals surface area contributed by atoms with Gasteiger partial charge in [-0.15, -0.1) is 6.42 Å². The zero-order chi connectivity index (χ0) is 21.1. The minimum atomic E-state index is -0.388. The van der Waals surface area contributed by atoms with Crippen molar-refractivity contribution in [3.05, 3.63) is 87.1 Å². The Morgan fingerprint density at radius 2 is 1.73 bits per heavy atom. The Hall–Kier alpha value is -3.04. The van der Waals surface area contributed by atoms with Crippen LogP contribution in [0.4, 0.5) is 0 Å². The number of carbonyl (C=O) groups is 1. The number of rotatable bonds is 4. The number of benzene rings is 3. The van der Waals surface area contributed by atoms with E-state index in [2.05, 4.69) is 10.9 Å². The van der Waals surface area contributed by atoms with Gasteiger partial charge >= 0.3 is 0 Å². The van der Waals surface area contributed by atoms with Crippen molar-refractivity contribution in [1.82, 2.24) is 4.57 Å². The van der Waals surface area contributed by atoms with Crippen LogP contribution in [0.2, 0.25) is 10.0 Å². The molecule has 0 fully saturated rings. The second kappa shape index (κ2) is 8.76. The number of halogens is 2. The number of amides is 1. The molecule has 0 aliphatic carbocycles. The van der Waals surface area contributed by atoms with Crippen molar-refractivity contribution in [2.75, 3.05) is 0 Å². The molecule has 4 rings (SSSR count). The number of para-hydroxylation sites is 1. The summed E-state index contributed by atoms with van der Waals surface area (Å²) in [6, 6.07) is 19.8. The minimum absolute atomic E-state index is 0.218. The molecule has 4 aromatic rings. The highest BCUT2D eigenvalue weighted by molar-refractivity contribution is 7.16. The van der Waals surface area contributed by atoms with Crippen LogP contribution in [0.3, 0.4) is 0 Å². The maximum Gasteiger partial charge on any atom is 0.279 e. The van der Waals surface area contributed by atoms with Crippen molar-refractivity contribution in [2.45, 2.75) is 6.54 Å². The van der Waals surface area contributed by atoms with Crippen LogP contribution in [-0.4, -0.2) is 10.5 Å². The Morgan fingerprint density at radius 3 is 2.43 bits per heavy atom. The smallest absolute Gasteiger partial charge is 0.279 e. The molecule has 7 heteroatoms. The van der Waals surface area contributed by atoms with Gasteiger partial charge in [0.05, 0.1) is 26.8 Å². The first kappa shape index (κ1) is 20.2. The third kappa shape index (κ3) is 4.12. The number of hydrogen-bond acceptors (Lipinski definition) is 3. The van der Waals surface area contributed by atoms with Crippen molar-refractivity contribution >= 4 is 50.7 Å². The summed E-state index contributed by atoms with van der Waals surface area (Å²) in [4.78, 5) is 17.5. The fourth-order valence-corrected chi connectivity index (χ4v) is 4.38. The lowest BCUT2D eigenvalue weighted by molar-refractivity contribution is 0.0998. The molecule has 0 spiro atoms. The first-order valence-corrected chi connectivity index (χ1v) is 10.5. The van der Waals surface area contributed by atoms with Gasteiger partial charge in [-0.25, -0.2) is 0 Å². The van der Waals surface area contributed by atoms with Gasteiger partial charge in [0.2, 0.25) is 0 Å². The van der Waals surface area contributed by atoms with Gasteiger partial charge in [0.15, 0.2) is 4.80 Å². The molecule has 1 aromatic heterocycles. The van der Waals surface area contributed by atoms with E-state index >= 15 is 0 Å². The Balaban J connectivity index is 1.67. The van der Waals surface area contributed by atoms with Crippen molar-refractivity contribution < 1.29 is 9.53 Å².